The third-order valence-electron chi connectivity index (χ3n) is 7.34. The van der Waals surface area contributed by atoms with Crippen LogP contribution in [-0.2, 0) is 19.0 Å². The second-order valence-corrected chi connectivity index (χ2v) is 10.0. The topological polar surface area (TPSA) is 61.8 Å². The molecule has 3 aliphatic rings. The quantitative estimate of drug-likeness (QED) is 0.563. The van der Waals surface area contributed by atoms with Crippen LogP contribution in [0, 0.1) is 11.3 Å². The minimum atomic E-state index is -0.493. The third kappa shape index (κ3) is 3.05. The molecule has 4 atom stereocenters. The molecule has 1 amide bonds. The monoisotopic (exact) mass is 368 g/mol. The Bertz CT molecular complexity index is 595. The van der Waals surface area contributed by atoms with Gasteiger partial charge < -0.3 is 14.2 Å². The fraction of sp³-hybridized carbons (Fsp3) is 0.900. The van der Waals surface area contributed by atoms with E-state index in [1.165, 1.54) is 0 Å². The van der Waals surface area contributed by atoms with E-state index in [9.17, 15) is 9.59 Å². The molecule has 1 saturated heterocycles. The van der Waals surface area contributed by atoms with Gasteiger partial charge in [-0.15, -0.1) is 0 Å². The van der Waals surface area contributed by atoms with Crippen LogP contribution in [0.5, 0.6) is 0 Å². The number of ether oxygens (including phenoxy) is 3. The molecule has 0 N–H and O–H groups in total. The van der Waals surface area contributed by atoms with Crippen LogP contribution in [-0.4, -0.2) is 61.6 Å². The Morgan fingerprint density at radius 3 is 2.58 bits per heavy atom. The molecule has 1 aliphatic heterocycles. The molecule has 0 aromatic rings. The van der Waals surface area contributed by atoms with Crippen molar-refractivity contribution in [1.29, 1.82) is 0 Å². The molecule has 4 unspecified atom stereocenters. The van der Waals surface area contributed by atoms with Gasteiger partial charge in [-0.3, -0.25) is 4.79 Å². The van der Waals surface area contributed by atoms with Crippen LogP contribution in [0.4, 0.5) is 4.79 Å². The fourth-order valence-electron chi connectivity index (χ4n) is 4.97. The summed E-state index contributed by atoms with van der Waals surface area (Å²) in [4.78, 5) is 25.5. The molecule has 2 saturated carbocycles. The Labute approximate surface area is 156 Å². The zero-order valence-electron chi connectivity index (χ0n) is 17.1. The normalized spacial score (nSPS) is 36.6. The van der Waals surface area contributed by atoms with E-state index in [2.05, 4.69) is 0 Å². The first-order valence-electron chi connectivity index (χ1n) is 9.72. The van der Waals surface area contributed by atoms with Crippen LogP contribution in [0.3, 0.4) is 0 Å². The second kappa shape index (κ2) is 6.20. The van der Waals surface area contributed by atoms with Gasteiger partial charge in [-0.2, -0.15) is 4.79 Å². The van der Waals surface area contributed by atoms with Crippen molar-refractivity contribution in [2.24, 2.45) is 11.3 Å². The van der Waals surface area contributed by atoms with E-state index in [-0.39, 0.29) is 39.5 Å². The number of carbonyl (C=O) groups excluding carboxylic acids is 2. The van der Waals surface area contributed by atoms with Crippen LogP contribution in [0.2, 0.25) is 0 Å². The zero-order valence-corrected chi connectivity index (χ0v) is 17.1. The van der Waals surface area contributed by atoms with Crippen molar-refractivity contribution in [3.8, 4) is 0 Å². The number of rotatable bonds is 4. The molecule has 2 aliphatic carbocycles. The molecule has 0 aromatic heterocycles. The Balaban J connectivity index is 1.81. The Hall–Kier alpha value is -1.14. The number of hydrogen-bond acceptors (Lipinski definition) is 5. The van der Waals surface area contributed by atoms with Gasteiger partial charge in [0, 0.05) is 20.1 Å². The number of nitrogens with zero attached hydrogens (tertiary/aromatic N) is 1. The first kappa shape index (κ1) is 19.6. The van der Waals surface area contributed by atoms with Crippen LogP contribution < -0.4 is 0 Å². The summed E-state index contributed by atoms with van der Waals surface area (Å²) in [5.74, 6) is -0.240. The van der Waals surface area contributed by atoms with E-state index in [0.717, 1.165) is 25.7 Å². The van der Waals surface area contributed by atoms with Gasteiger partial charge in [-0.25, -0.2) is 4.48 Å². The van der Waals surface area contributed by atoms with Crippen molar-refractivity contribution in [1.82, 2.24) is 0 Å². The van der Waals surface area contributed by atoms with Crippen molar-refractivity contribution in [2.75, 3.05) is 27.8 Å². The molecular formula is C20H34NO5+. The average Bonchev–Trinajstić information content (AvgIpc) is 2.78. The molecule has 3 rings (SSSR count). The smallest absolute Gasteiger partial charge is 0.462 e. The number of carbonyl (C=O) groups is 2. The molecule has 0 aromatic carbocycles. The van der Waals surface area contributed by atoms with Gasteiger partial charge in [-0.1, -0.05) is 0 Å². The first-order chi connectivity index (χ1) is 11.9. The molecule has 1 heterocycles. The minimum absolute atomic E-state index is 0.0917. The van der Waals surface area contributed by atoms with E-state index >= 15 is 0 Å². The number of hydrogen-bond donors (Lipinski definition) is 0. The highest BCUT2D eigenvalue weighted by Gasteiger charge is 2.64. The van der Waals surface area contributed by atoms with Gasteiger partial charge in [0.15, 0.2) is 0 Å². The van der Waals surface area contributed by atoms with Crippen LogP contribution >= 0.6 is 0 Å². The van der Waals surface area contributed by atoms with Crippen molar-refractivity contribution < 1.29 is 28.3 Å². The van der Waals surface area contributed by atoms with Gasteiger partial charge in [0.2, 0.25) is 0 Å². The van der Waals surface area contributed by atoms with Crippen LogP contribution in [0.15, 0.2) is 0 Å². The number of quaternary nitrogens is 1. The summed E-state index contributed by atoms with van der Waals surface area (Å²) < 4.78 is 17.3. The zero-order chi connectivity index (χ0) is 19.4. The van der Waals surface area contributed by atoms with E-state index in [0.29, 0.717) is 19.4 Å². The first-order valence-corrected chi connectivity index (χ1v) is 9.72. The van der Waals surface area contributed by atoms with Gasteiger partial charge >= 0.3 is 12.1 Å². The van der Waals surface area contributed by atoms with E-state index in [1.54, 1.807) is 7.11 Å². The highest BCUT2D eigenvalue weighted by Crippen LogP contribution is 2.62. The Morgan fingerprint density at radius 1 is 1.27 bits per heavy atom. The van der Waals surface area contributed by atoms with Crippen molar-refractivity contribution in [3.05, 3.63) is 0 Å². The standard InChI is InChI=1S/C20H34NO5/c1-18(2,3)21(4,5)17(23)26-20-9-8-19(13-20)11-14(12-20)25-16(22)15(19)7-10-24-6/h14-15H,7-13H2,1-6H3/q+1. The predicted molar refractivity (Wildman–Crippen MR) is 96.5 cm³/mol. The summed E-state index contributed by atoms with van der Waals surface area (Å²) in [6.45, 7) is 6.67. The van der Waals surface area contributed by atoms with Crippen molar-refractivity contribution in [3.63, 3.8) is 0 Å². The molecular weight excluding hydrogens is 334 g/mol. The SMILES string of the molecule is COCCC1C(=O)OC2CC3(OC(=O)[N+](C)(C)C(C)(C)C)CCC1(C2)C3. The van der Waals surface area contributed by atoms with Crippen molar-refractivity contribution >= 4 is 12.1 Å². The average molecular weight is 368 g/mol. The molecule has 6 nitrogen and oxygen atoms in total. The molecule has 0 radical (unpaired) electrons. The number of fused-ring (bicyclic) bond motifs is 2. The van der Waals surface area contributed by atoms with Crippen molar-refractivity contribution in [2.45, 2.75) is 76.5 Å². The van der Waals surface area contributed by atoms with E-state index in [4.69, 9.17) is 14.2 Å². The lowest BCUT2D eigenvalue weighted by molar-refractivity contribution is -0.867. The van der Waals surface area contributed by atoms with Crippen LogP contribution in [0.25, 0.3) is 0 Å². The maximum atomic E-state index is 13.0. The lowest BCUT2D eigenvalue weighted by atomic mass is 9.63. The summed E-state index contributed by atoms with van der Waals surface area (Å²) in [5.41, 5.74) is -0.843. The molecule has 3 bridgehead atoms. The number of methoxy groups -OCH3 is 1. The van der Waals surface area contributed by atoms with Gasteiger partial charge in [0.05, 0.1) is 20.0 Å². The largest absolute Gasteiger partial charge is 0.516 e. The summed E-state index contributed by atoms with van der Waals surface area (Å²) >= 11 is 0. The fourth-order valence-corrected chi connectivity index (χ4v) is 4.97. The molecule has 148 valence electrons. The molecule has 6 heteroatoms. The predicted octanol–water partition coefficient (Wildman–Crippen LogP) is 3.28. The lowest BCUT2D eigenvalue weighted by Gasteiger charge is -2.50. The highest BCUT2D eigenvalue weighted by atomic mass is 16.6. The second-order valence-electron chi connectivity index (χ2n) is 10.0. The van der Waals surface area contributed by atoms with Crippen LogP contribution in [0.1, 0.15) is 59.3 Å². The van der Waals surface area contributed by atoms with Gasteiger partial charge in [0.1, 0.15) is 17.2 Å². The van der Waals surface area contributed by atoms with E-state index < -0.39 is 5.60 Å². The number of amides is 1. The summed E-state index contributed by atoms with van der Waals surface area (Å²) in [5, 5.41) is 0. The summed E-state index contributed by atoms with van der Waals surface area (Å²) in [7, 11) is 5.45. The summed E-state index contributed by atoms with van der Waals surface area (Å²) in [6, 6.07) is 0. The maximum Gasteiger partial charge on any atom is 0.516 e. The Morgan fingerprint density at radius 2 is 1.96 bits per heavy atom. The maximum absolute atomic E-state index is 13.0. The van der Waals surface area contributed by atoms with Gasteiger partial charge in [-0.05, 0) is 58.3 Å². The molecule has 1 spiro atoms. The van der Waals surface area contributed by atoms with Gasteiger partial charge in [0.25, 0.3) is 0 Å². The summed E-state index contributed by atoms with van der Waals surface area (Å²) in [6.07, 6.45) is 4.38. The Kier molecular flexibility index (Phi) is 4.67. The lowest BCUT2D eigenvalue weighted by Crippen LogP contribution is -2.61. The minimum Gasteiger partial charge on any atom is -0.462 e. The van der Waals surface area contributed by atoms with E-state index in [1.807, 2.05) is 34.9 Å². The molecule has 26 heavy (non-hydrogen) atoms. The molecule has 3 fully saturated rings. The number of esters is 1. The third-order valence-corrected chi connectivity index (χ3v) is 7.34. The highest BCUT2D eigenvalue weighted by molar-refractivity contribution is 5.75.